The molecule has 0 amide bonds. The fraction of sp³-hybridized carbons (Fsp3) is 0.750. The lowest BCUT2D eigenvalue weighted by molar-refractivity contribution is 0.216. The van der Waals surface area contributed by atoms with E-state index in [4.69, 9.17) is 0 Å². The summed E-state index contributed by atoms with van der Waals surface area (Å²) in [5.41, 5.74) is 2.42. The Kier molecular flexibility index (Phi) is 4.20. The number of piperidine rings is 1. The van der Waals surface area contributed by atoms with Crippen molar-refractivity contribution >= 4 is 0 Å². The average Bonchev–Trinajstić information content (AvgIpc) is 2.46. The Morgan fingerprint density at radius 3 is 2.85 bits per heavy atom. The van der Waals surface area contributed by atoms with Crippen molar-refractivity contribution in [3.8, 4) is 0 Å². The molecule has 1 aromatic heterocycles. The maximum absolute atomic E-state index is 12.2. The summed E-state index contributed by atoms with van der Waals surface area (Å²) < 4.78 is 1.68. The lowest BCUT2D eigenvalue weighted by Crippen LogP contribution is -2.36. The van der Waals surface area contributed by atoms with Crippen LogP contribution in [-0.2, 0) is 19.4 Å². The minimum atomic E-state index is 0.0786. The standard InChI is InChI=1S/C16H25N3O/c1-13-5-6-15-14(11-13)12-16(20)19(17-15)10-9-18-7-3-2-4-8-18/h12-13H,2-11H2,1H3. The van der Waals surface area contributed by atoms with Crippen molar-refractivity contribution in [2.75, 3.05) is 19.6 Å². The van der Waals surface area contributed by atoms with Crippen LogP contribution in [0.15, 0.2) is 10.9 Å². The van der Waals surface area contributed by atoms with Crippen molar-refractivity contribution in [1.82, 2.24) is 14.7 Å². The van der Waals surface area contributed by atoms with Crippen molar-refractivity contribution in [2.24, 2.45) is 5.92 Å². The maximum atomic E-state index is 12.2. The molecule has 1 aliphatic heterocycles. The molecule has 110 valence electrons. The van der Waals surface area contributed by atoms with Gasteiger partial charge in [0.15, 0.2) is 0 Å². The predicted molar refractivity (Wildman–Crippen MR) is 80.0 cm³/mol. The van der Waals surface area contributed by atoms with Gasteiger partial charge >= 0.3 is 0 Å². The highest BCUT2D eigenvalue weighted by molar-refractivity contribution is 5.21. The summed E-state index contributed by atoms with van der Waals surface area (Å²) in [6, 6.07) is 1.83. The van der Waals surface area contributed by atoms with Crippen molar-refractivity contribution in [2.45, 2.75) is 52.0 Å². The van der Waals surface area contributed by atoms with Crippen molar-refractivity contribution in [3.63, 3.8) is 0 Å². The van der Waals surface area contributed by atoms with Gasteiger partial charge in [0.05, 0.1) is 12.2 Å². The zero-order valence-electron chi connectivity index (χ0n) is 12.5. The number of aryl methyl sites for hydroxylation is 1. The molecule has 0 N–H and O–H groups in total. The number of hydrogen-bond acceptors (Lipinski definition) is 3. The molecule has 1 atom stereocenters. The molecule has 3 rings (SSSR count). The van der Waals surface area contributed by atoms with Crippen LogP contribution in [0.1, 0.15) is 43.9 Å². The third-order valence-electron chi connectivity index (χ3n) is 4.68. The molecule has 4 heteroatoms. The molecule has 1 aromatic rings. The minimum Gasteiger partial charge on any atom is -0.301 e. The summed E-state index contributed by atoms with van der Waals surface area (Å²) >= 11 is 0. The first-order valence-electron chi connectivity index (χ1n) is 8.04. The molecular formula is C16H25N3O. The van der Waals surface area contributed by atoms with Crippen LogP contribution in [0.5, 0.6) is 0 Å². The third kappa shape index (κ3) is 3.11. The van der Waals surface area contributed by atoms with E-state index in [0.29, 0.717) is 5.92 Å². The van der Waals surface area contributed by atoms with E-state index >= 15 is 0 Å². The summed E-state index contributed by atoms with van der Waals surface area (Å²) in [6.07, 6.45) is 7.19. The van der Waals surface area contributed by atoms with E-state index in [-0.39, 0.29) is 5.56 Å². The molecule has 0 bridgehead atoms. The Bertz CT molecular complexity index is 517. The van der Waals surface area contributed by atoms with Crippen LogP contribution in [0.3, 0.4) is 0 Å². The van der Waals surface area contributed by atoms with Gasteiger partial charge in [0.25, 0.3) is 5.56 Å². The Hall–Kier alpha value is -1.16. The van der Waals surface area contributed by atoms with Gasteiger partial charge in [-0.25, -0.2) is 4.68 Å². The van der Waals surface area contributed by atoms with Gasteiger partial charge in [-0.3, -0.25) is 4.79 Å². The second-order valence-electron chi connectivity index (χ2n) is 6.43. The van der Waals surface area contributed by atoms with Gasteiger partial charge in [0.1, 0.15) is 0 Å². The van der Waals surface area contributed by atoms with Crippen molar-refractivity contribution in [1.29, 1.82) is 0 Å². The molecule has 20 heavy (non-hydrogen) atoms. The normalized spacial score (nSPS) is 23.6. The highest BCUT2D eigenvalue weighted by Gasteiger charge is 2.18. The lowest BCUT2D eigenvalue weighted by Gasteiger charge is -2.26. The number of hydrogen-bond donors (Lipinski definition) is 0. The molecule has 1 aliphatic carbocycles. The van der Waals surface area contributed by atoms with Crippen molar-refractivity contribution in [3.05, 3.63) is 27.7 Å². The monoisotopic (exact) mass is 275 g/mol. The number of fused-ring (bicyclic) bond motifs is 1. The molecule has 0 aromatic carbocycles. The Morgan fingerprint density at radius 1 is 1.25 bits per heavy atom. The topological polar surface area (TPSA) is 38.1 Å². The Morgan fingerprint density at radius 2 is 2.05 bits per heavy atom. The van der Waals surface area contributed by atoms with Gasteiger partial charge in [-0.1, -0.05) is 13.3 Å². The number of likely N-dealkylation sites (tertiary alicyclic amines) is 1. The molecule has 0 saturated carbocycles. The Balaban J connectivity index is 1.68. The Labute approximate surface area is 120 Å². The summed E-state index contributed by atoms with van der Waals surface area (Å²) in [6.45, 7) is 6.31. The SMILES string of the molecule is CC1CCc2nn(CCN3CCCCC3)c(=O)cc2C1. The first kappa shape index (κ1) is 13.8. The third-order valence-corrected chi connectivity index (χ3v) is 4.68. The molecule has 1 fully saturated rings. The summed E-state index contributed by atoms with van der Waals surface area (Å²) in [5.74, 6) is 0.688. The maximum Gasteiger partial charge on any atom is 0.267 e. The second kappa shape index (κ2) is 6.08. The zero-order chi connectivity index (χ0) is 13.9. The first-order chi connectivity index (χ1) is 9.72. The van der Waals surface area contributed by atoms with Crippen LogP contribution in [0, 0.1) is 5.92 Å². The summed E-state index contributed by atoms with van der Waals surface area (Å²) in [4.78, 5) is 14.6. The smallest absolute Gasteiger partial charge is 0.267 e. The molecule has 4 nitrogen and oxygen atoms in total. The molecule has 2 heterocycles. The predicted octanol–water partition coefficient (Wildman–Crippen LogP) is 1.85. The van der Waals surface area contributed by atoms with Gasteiger partial charge in [-0.15, -0.1) is 0 Å². The van der Waals surface area contributed by atoms with Crippen LogP contribution in [0.25, 0.3) is 0 Å². The van der Waals surface area contributed by atoms with Crippen LogP contribution in [0.4, 0.5) is 0 Å². The fourth-order valence-electron chi connectivity index (χ4n) is 3.39. The van der Waals surface area contributed by atoms with E-state index in [9.17, 15) is 4.79 Å². The second-order valence-corrected chi connectivity index (χ2v) is 6.43. The molecule has 1 unspecified atom stereocenters. The largest absolute Gasteiger partial charge is 0.301 e. The van der Waals surface area contributed by atoms with Gasteiger partial charge < -0.3 is 4.90 Å². The van der Waals surface area contributed by atoms with Crippen LogP contribution >= 0.6 is 0 Å². The van der Waals surface area contributed by atoms with E-state index < -0.39 is 0 Å². The average molecular weight is 275 g/mol. The molecule has 1 saturated heterocycles. The van der Waals surface area contributed by atoms with E-state index in [1.165, 1.54) is 44.3 Å². The van der Waals surface area contributed by atoms with E-state index in [0.717, 1.165) is 31.6 Å². The molecule has 0 spiro atoms. The first-order valence-corrected chi connectivity index (χ1v) is 8.04. The molecule has 0 radical (unpaired) electrons. The molecule has 2 aliphatic rings. The lowest BCUT2D eigenvalue weighted by atomic mass is 9.88. The van der Waals surface area contributed by atoms with Crippen LogP contribution in [-0.4, -0.2) is 34.3 Å². The number of aromatic nitrogens is 2. The fourth-order valence-corrected chi connectivity index (χ4v) is 3.39. The molecular weight excluding hydrogens is 250 g/mol. The van der Waals surface area contributed by atoms with Crippen LogP contribution < -0.4 is 5.56 Å². The van der Waals surface area contributed by atoms with Crippen molar-refractivity contribution < 1.29 is 0 Å². The zero-order valence-corrected chi connectivity index (χ0v) is 12.5. The summed E-state index contributed by atoms with van der Waals surface area (Å²) in [7, 11) is 0. The highest BCUT2D eigenvalue weighted by atomic mass is 16.1. The van der Waals surface area contributed by atoms with Gasteiger partial charge in [-0.05, 0) is 56.7 Å². The van der Waals surface area contributed by atoms with E-state index in [2.05, 4.69) is 16.9 Å². The minimum absolute atomic E-state index is 0.0786. The van der Waals surface area contributed by atoms with Crippen LogP contribution in [0.2, 0.25) is 0 Å². The van der Waals surface area contributed by atoms with Gasteiger partial charge in [0.2, 0.25) is 0 Å². The van der Waals surface area contributed by atoms with E-state index in [1.54, 1.807) is 4.68 Å². The quantitative estimate of drug-likeness (QED) is 0.845. The number of nitrogens with zero attached hydrogens (tertiary/aromatic N) is 3. The number of rotatable bonds is 3. The summed E-state index contributed by atoms with van der Waals surface area (Å²) in [5, 5.41) is 4.61. The van der Waals surface area contributed by atoms with E-state index in [1.807, 2.05) is 6.07 Å². The highest BCUT2D eigenvalue weighted by Crippen LogP contribution is 2.22. The van der Waals surface area contributed by atoms with Gasteiger partial charge in [-0.2, -0.15) is 5.10 Å². The van der Waals surface area contributed by atoms with Gasteiger partial charge in [0, 0.05) is 12.6 Å².